The number of carbonyl (C=O) groups is 1. The zero-order chi connectivity index (χ0) is 16.0. The molecule has 1 aliphatic heterocycles. The van der Waals surface area contributed by atoms with E-state index in [0.29, 0.717) is 26.2 Å². The quantitative estimate of drug-likeness (QED) is 0.747. The van der Waals surface area contributed by atoms with Crippen molar-refractivity contribution < 1.29 is 23.1 Å². The topological polar surface area (TPSA) is 55.8 Å². The molecule has 1 saturated heterocycles. The lowest BCUT2D eigenvalue weighted by atomic mass is 10.1. The summed E-state index contributed by atoms with van der Waals surface area (Å²) in [6.45, 7) is 4.96. The Bertz CT molecular complexity index is 337. The van der Waals surface area contributed by atoms with Crippen molar-refractivity contribution in [2.24, 2.45) is 0 Å². The molecule has 21 heavy (non-hydrogen) atoms. The van der Waals surface area contributed by atoms with E-state index in [2.05, 4.69) is 4.90 Å². The first-order chi connectivity index (χ1) is 9.71. The third-order valence-corrected chi connectivity index (χ3v) is 3.51. The molecule has 1 rings (SSSR count). The van der Waals surface area contributed by atoms with Crippen LogP contribution in [0.3, 0.4) is 0 Å². The van der Waals surface area contributed by atoms with Gasteiger partial charge in [0, 0.05) is 32.2 Å². The van der Waals surface area contributed by atoms with Gasteiger partial charge in [-0.05, 0) is 13.3 Å². The number of rotatable bonds is 6. The molecule has 8 heteroatoms. The van der Waals surface area contributed by atoms with Crippen LogP contribution in [0.2, 0.25) is 0 Å². The van der Waals surface area contributed by atoms with Gasteiger partial charge in [0.25, 0.3) is 0 Å². The Morgan fingerprint density at radius 3 is 2.62 bits per heavy atom. The summed E-state index contributed by atoms with van der Waals surface area (Å²) in [4.78, 5) is 15.5. The van der Waals surface area contributed by atoms with E-state index in [4.69, 9.17) is 0 Å². The van der Waals surface area contributed by atoms with Crippen LogP contribution in [-0.2, 0) is 4.79 Å². The standard InChI is InChI=1S/C13H24F3N3O2/c1-3-11-7-18(4-5-19(11)6-10(2)20)8-12(21)17-9-13(14,15)16/h10-11,20H,3-9H2,1-2H3,(H,17,21)/t10-,11+/m0/s1. The Kier molecular flexibility index (Phi) is 6.89. The van der Waals surface area contributed by atoms with Crippen molar-refractivity contribution in [1.82, 2.24) is 15.1 Å². The molecule has 0 aromatic carbocycles. The second kappa shape index (κ2) is 7.95. The smallest absolute Gasteiger partial charge is 0.392 e. The molecule has 0 spiro atoms. The van der Waals surface area contributed by atoms with Crippen LogP contribution in [0.15, 0.2) is 0 Å². The molecule has 5 nitrogen and oxygen atoms in total. The highest BCUT2D eigenvalue weighted by molar-refractivity contribution is 5.78. The van der Waals surface area contributed by atoms with Crippen molar-refractivity contribution >= 4 is 5.91 Å². The van der Waals surface area contributed by atoms with Gasteiger partial charge in [0.05, 0.1) is 12.6 Å². The number of hydrogen-bond acceptors (Lipinski definition) is 4. The number of β-amino-alcohol motifs (C(OH)–C–C–N with tert-alkyl or cyclic N) is 1. The highest BCUT2D eigenvalue weighted by Crippen LogP contribution is 2.14. The Balaban J connectivity index is 2.40. The minimum atomic E-state index is -4.38. The van der Waals surface area contributed by atoms with E-state index in [-0.39, 0.29) is 12.6 Å². The highest BCUT2D eigenvalue weighted by atomic mass is 19.4. The van der Waals surface area contributed by atoms with Crippen LogP contribution in [0.4, 0.5) is 13.2 Å². The molecule has 1 heterocycles. The monoisotopic (exact) mass is 311 g/mol. The van der Waals surface area contributed by atoms with Gasteiger partial charge >= 0.3 is 6.18 Å². The zero-order valence-corrected chi connectivity index (χ0v) is 12.5. The van der Waals surface area contributed by atoms with Gasteiger partial charge in [-0.3, -0.25) is 14.6 Å². The number of halogens is 3. The maximum atomic E-state index is 12.0. The lowest BCUT2D eigenvalue weighted by Crippen LogP contribution is -2.56. The molecule has 0 radical (unpaired) electrons. The number of aliphatic hydroxyl groups is 1. The first kappa shape index (κ1) is 18.2. The molecule has 1 fully saturated rings. The Morgan fingerprint density at radius 1 is 1.43 bits per heavy atom. The summed E-state index contributed by atoms with van der Waals surface area (Å²) in [6.07, 6.45) is -3.92. The van der Waals surface area contributed by atoms with E-state index in [0.717, 1.165) is 6.42 Å². The fourth-order valence-corrected chi connectivity index (χ4v) is 2.53. The van der Waals surface area contributed by atoms with Crippen LogP contribution in [-0.4, -0.2) is 78.4 Å². The van der Waals surface area contributed by atoms with Crippen molar-refractivity contribution in [2.75, 3.05) is 39.3 Å². The Labute approximate surface area is 123 Å². The SMILES string of the molecule is CC[C@@H]1CN(CC(=O)NCC(F)(F)F)CCN1C[C@H](C)O. The molecule has 2 atom stereocenters. The van der Waals surface area contributed by atoms with Crippen LogP contribution < -0.4 is 5.32 Å². The molecule has 2 N–H and O–H groups in total. The predicted octanol–water partition coefficient (Wildman–Crippen LogP) is 0.442. The summed E-state index contributed by atoms with van der Waals surface area (Å²) < 4.78 is 36.1. The molecule has 0 saturated carbocycles. The van der Waals surface area contributed by atoms with Crippen LogP contribution in [0, 0.1) is 0 Å². The second-order valence-corrected chi connectivity index (χ2v) is 5.53. The van der Waals surface area contributed by atoms with E-state index >= 15 is 0 Å². The third-order valence-electron chi connectivity index (χ3n) is 3.51. The molecule has 0 bridgehead atoms. The molecule has 0 aliphatic carbocycles. The second-order valence-electron chi connectivity index (χ2n) is 5.53. The summed E-state index contributed by atoms with van der Waals surface area (Å²) >= 11 is 0. The molecule has 1 aliphatic rings. The van der Waals surface area contributed by atoms with Crippen LogP contribution >= 0.6 is 0 Å². The van der Waals surface area contributed by atoms with Gasteiger partial charge in [0.15, 0.2) is 0 Å². The fraction of sp³-hybridized carbons (Fsp3) is 0.923. The molecule has 0 unspecified atom stereocenters. The number of nitrogens with one attached hydrogen (secondary N) is 1. The van der Waals surface area contributed by atoms with Crippen LogP contribution in [0.25, 0.3) is 0 Å². The molecule has 1 amide bonds. The normalized spacial score (nSPS) is 23.0. The van der Waals surface area contributed by atoms with Crippen molar-refractivity contribution in [1.29, 1.82) is 0 Å². The third kappa shape index (κ3) is 7.10. The molecule has 0 aromatic rings. The average Bonchev–Trinajstić information content (AvgIpc) is 2.37. The van der Waals surface area contributed by atoms with Crippen molar-refractivity contribution in [3.63, 3.8) is 0 Å². The zero-order valence-electron chi connectivity index (χ0n) is 12.5. The number of carbonyl (C=O) groups excluding carboxylic acids is 1. The first-order valence-corrected chi connectivity index (χ1v) is 7.19. The number of alkyl halides is 3. The minimum Gasteiger partial charge on any atom is -0.392 e. The summed E-state index contributed by atoms with van der Waals surface area (Å²) in [5.74, 6) is -0.605. The van der Waals surface area contributed by atoms with E-state index in [9.17, 15) is 23.1 Å². The lowest BCUT2D eigenvalue weighted by molar-refractivity contribution is -0.139. The summed E-state index contributed by atoms with van der Waals surface area (Å²) in [5, 5.41) is 11.3. The van der Waals surface area contributed by atoms with Gasteiger partial charge in [0.2, 0.25) is 5.91 Å². The largest absolute Gasteiger partial charge is 0.405 e. The van der Waals surface area contributed by atoms with Gasteiger partial charge in [-0.2, -0.15) is 13.2 Å². The Morgan fingerprint density at radius 2 is 2.10 bits per heavy atom. The van der Waals surface area contributed by atoms with Gasteiger partial charge in [-0.25, -0.2) is 0 Å². The van der Waals surface area contributed by atoms with Crippen LogP contribution in [0.1, 0.15) is 20.3 Å². The number of piperazine rings is 1. The van der Waals surface area contributed by atoms with E-state index < -0.39 is 24.7 Å². The maximum absolute atomic E-state index is 12.0. The first-order valence-electron chi connectivity index (χ1n) is 7.19. The predicted molar refractivity (Wildman–Crippen MR) is 72.8 cm³/mol. The maximum Gasteiger partial charge on any atom is 0.405 e. The van der Waals surface area contributed by atoms with Crippen molar-refractivity contribution in [3.8, 4) is 0 Å². The number of amides is 1. The summed E-state index contributed by atoms with van der Waals surface area (Å²) in [7, 11) is 0. The van der Waals surface area contributed by atoms with Gasteiger partial charge < -0.3 is 10.4 Å². The molecule has 0 aromatic heterocycles. The number of hydrogen-bond donors (Lipinski definition) is 2. The number of aliphatic hydroxyl groups excluding tert-OH is 1. The van der Waals surface area contributed by atoms with Crippen molar-refractivity contribution in [3.05, 3.63) is 0 Å². The van der Waals surface area contributed by atoms with Crippen LogP contribution in [0.5, 0.6) is 0 Å². The summed E-state index contributed by atoms with van der Waals surface area (Å²) in [6, 6.07) is 0.212. The molecular formula is C13H24F3N3O2. The van der Waals surface area contributed by atoms with Crippen molar-refractivity contribution in [2.45, 2.75) is 38.6 Å². The van der Waals surface area contributed by atoms with E-state index in [1.165, 1.54) is 0 Å². The van der Waals surface area contributed by atoms with Gasteiger partial charge in [-0.1, -0.05) is 6.92 Å². The van der Waals surface area contributed by atoms with E-state index in [1.54, 1.807) is 6.92 Å². The fourth-order valence-electron chi connectivity index (χ4n) is 2.53. The van der Waals surface area contributed by atoms with Gasteiger partial charge in [0.1, 0.15) is 6.54 Å². The Hall–Kier alpha value is -0.860. The highest BCUT2D eigenvalue weighted by Gasteiger charge is 2.30. The average molecular weight is 311 g/mol. The summed E-state index contributed by atoms with van der Waals surface area (Å²) in [5.41, 5.74) is 0. The molecule has 124 valence electrons. The minimum absolute atomic E-state index is 0.0188. The van der Waals surface area contributed by atoms with E-state index in [1.807, 2.05) is 17.1 Å². The number of nitrogens with zero attached hydrogens (tertiary/aromatic N) is 2. The van der Waals surface area contributed by atoms with Gasteiger partial charge in [-0.15, -0.1) is 0 Å². The molecular weight excluding hydrogens is 287 g/mol. The lowest BCUT2D eigenvalue weighted by Gasteiger charge is -2.41.